The molecule has 0 aliphatic rings. The second kappa shape index (κ2) is 10.2. The van der Waals surface area contributed by atoms with E-state index in [1.54, 1.807) is 12.1 Å². The summed E-state index contributed by atoms with van der Waals surface area (Å²) in [6.07, 6.45) is 1.95. The van der Waals surface area contributed by atoms with Crippen molar-refractivity contribution in [2.75, 3.05) is 0 Å². The van der Waals surface area contributed by atoms with Crippen LogP contribution in [-0.4, -0.2) is 21.6 Å². The van der Waals surface area contributed by atoms with E-state index in [9.17, 15) is 9.59 Å². The molecule has 158 valence electrons. The van der Waals surface area contributed by atoms with Crippen molar-refractivity contribution in [3.8, 4) is 11.5 Å². The van der Waals surface area contributed by atoms with Gasteiger partial charge < -0.3 is 9.68 Å². The molecule has 0 aromatic heterocycles. The first-order valence-corrected chi connectivity index (χ1v) is 10.3. The number of benzene rings is 1. The van der Waals surface area contributed by atoms with Gasteiger partial charge in [-0.2, -0.15) is 11.0 Å². The highest BCUT2D eigenvalue weighted by Crippen LogP contribution is 2.30. The van der Waals surface area contributed by atoms with Crippen LogP contribution in [0.3, 0.4) is 0 Å². The SMILES string of the molecule is CCC(Cl)(CC)C(=O)NOc1ccc(ONC(=O)C(Cl)(CC)CC)c(C)c1C. The molecule has 0 aliphatic carbocycles. The number of halogens is 2. The van der Waals surface area contributed by atoms with Crippen LogP contribution in [0.25, 0.3) is 0 Å². The van der Waals surface area contributed by atoms with Gasteiger partial charge >= 0.3 is 0 Å². The fourth-order valence-corrected chi connectivity index (χ4v) is 2.60. The lowest BCUT2D eigenvalue weighted by Crippen LogP contribution is -2.43. The molecule has 28 heavy (non-hydrogen) atoms. The molecule has 1 aromatic carbocycles. The van der Waals surface area contributed by atoms with Gasteiger partial charge in [0.1, 0.15) is 9.75 Å². The van der Waals surface area contributed by atoms with Crippen LogP contribution in [0.1, 0.15) is 64.5 Å². The number of hydrogen-bond donors (Lipinski definition) is 2. The summed E-state index contributed by atoms with van der Waals surface area (Å²) in [5.41, 5.74) is 6.34. The molecule has 8 heteroatoms. The van der Waals surface area contributed by atoms with E-state index < -0.39 is 9.75 Å². The van der Waals surface area contributed by atoms with Crippen LogP contribution < -0.4 is 20.6 Å². The average Bonchev–Trinajstić information content (AvgIpc) is 2.72. The van der Waals surface area contributed by atoms with E-state index in [4.69, 9.17) is 32.9 Å². The number of amides is 2. The first-order valence-electron chi connectivity index (χ1n) is 9.51. The normalized spacial score (nSPS) is 11.7. The Labute approximate surface area is 177 Å². The standard InChI is InChI=1S/C20H30Cl2N2O4/c1-7-19(21,8-2)17(25)23-27-15-11-12-16(14(6)13(15)5)28-24-18(26)20(22,9-3)10-4/h11-12H,7-10H2,1-6H3,(H,23,25)(H,24,26). The van der Waals surface area contributed by atoms with E-state index >= 15 is 0 Å². The van der Waals surface area contributed by atoms with Crippen LogP contribution in [0.4, 0.5) is 0 Å². The number of alkyl halides is 2. The maximum absolute atomic E-state index is 12.2. The summed E-state index contributed by atoms with van der Waals surface area (Å²) < 4.78 is 0. The van der Waals surface area contributed by atoms with Gasteiger partial charge in [-0.25, -0.2) is 0 Å². The number of hydroxylamine groups is 2. The van der Waals surface area contributed by atoms with Crippen molar-refractivity contribution in [3.05, 3.63) is 23.3 Å². The van der Waals surface area contributed by atoms with Crippen molar-refractivity contribution in [2.24, 2.45) is 0 Å². The number of carbonyl (C=O) groups excluding carboxylic acids is 2. The van der Waals surface area contributed by atoms with Crippen molar-refractivity contribution >= 4 is 35.0 Å². The molecule has 0 saturated heterocycles. The monoisotopic (exact) mass is 432 g/mol. The third kappa shape index (κ3) is 5.45. The molecule has 1 aromatic rings. The number of hydrogen-bond acceptors (Lipinski definition) is 4. The number of nitrogens with one attached hydrogen (secondary N) is 2. The Morgan fingerprint density at radius 1 is 0.786 bits per heavy atom. The average molecular weight is 433 g/mol. The zero-order chi connectivity index (χ0) is 21.5. The Balaban J connectivity index is 2.83. The molecule has 0 atom stereocenters. The van der Waals surface area contributed by atoms with Crippen molar-refractivity contribution in [2.45, 2.75) is 77.0 Å². The fourth-order valence-electron chi connectivity index (χ4n) is 2.52. The van der Waals surface area contributed by atoms with Crippen molar-refractivity contribution in [1.82, 2.24) is 11.0 Å². The Kier molecular flexibility index (Phi) is 8.89. The van der Waals surface area contributed by atoms with E-state index in [2.05, 4.69) is 11.0 Å². The highest BCUT2D eigenvalue weighted by Gasteiger charge is 2.34. The minimum atomic E-state index is -0.997. The molecule has 0 spiro atoms. The van der Waals surface area contributed by atoms with Crippen LogP contribution in [0.15, 0.2) is 12.1 Å². The molecule has 0 radical (unpaired) electrons. The largest absolute Gasteiger partial charge is 0.379 e. The van der Waals surface area contributed by atoms with E-state index in [1.807, 2.05) is 41.5 Å². The molecule has 2 amide bonds. The van der Waals surface area contributed by atoms with Gasteiger partial charge in [0.2, 0.25) is 0 Å². The first kappa shape index (κ1) is 24.4. The topological polar surface area (TPSA) is 76.7 Å². The smallest absolute Gasteiger partial charge is 0.273 e. The second-order valence-electron chi connectivity index (χ2n) is 6.72. The molecular formula is C20H30Cl2N2O4. The third-order valence-electron chi connectivity index (χ3n) is 5.25. The van der Waals surface area contributed by atoms with Gasteiger partial charge in [-0.15, -0.1) is 23.2 Å². The lowest BCUT2D eigenvalue weighted by Gasteiger charge is -2.23. The second-order valence-corrected chi connectivity index (χ2v) is 8.17. The third-order valence-corrected chi connectivity index (χ3v) is 6.66. The first-order chi connectivity index (χ1) is 13.1. The van der Waals surface area contributed by atoms with E-state index in [0.717, 1.165) is 11.1 Å². The Morgan fingerprint density at radius 3 is 1.32 bits per heavy atom. The summed E-state index contributed by atoms with van der Waals surface area (Å²) in [6.45, 7) is 11.0. The highest BCUT2D eigenvalue weighted by molar-refractivity contribution is 6.35. The summed E-state index contributed by atoms with van der Waals surface area (Å²) in [4.78, 5) is 33.4. The van der Waals surface area contributed by atoms with Crippen LogP contribution in [0, 0.1) is 13.8 Å². The fraction of sp³-hybridized carbons (Fsp3) is 0.600. The Hall–Kier alpha value is -1.66. The molecule has 0 aliphatic heterocycles. The molecule has 0 bridgehead atoms. The molecule has 0 saturated carbocycles. The van der Waals surface area contributed by atoms with Crippen molar-refractivity contribution in [1.29, 1.82) is 0 Å². The molecule has 6 nitrogen and oxygen atoms in total. The van der Waals surface area contributed by atoms with Gasteiger partial charge in [-0.05, 0) is 51.7 Å². The summed E-state index contributed by atoms with van der Waals surface area (Å²) in [5, 5.41) is 0. The highest BCUT2D eigenvalue weighted by atomic mass is 35.5. The van der Waals surface area contributed by atoms with Crippen molar-refractivity contribution in [3.63, 3.8) is 0 Å². The van der Waals surface area contributed by atoms with Gasteiger partial charge in [-0.1, -0.05) is 27.7 Å². The summed E-state index contributed by atoms with van der Waals surface area (Å²) in [6, 6.07) is 3.29. The zero-order valence-electron chi connectivity index (χ0n) is 17.4. The minimum absolute atomic E-state index is 0.388. The molecule has 2 N–H and O–H groups in total. The quantitative estimate of drug-likeness (QED) is 0.414. The predicted octanol–water partition coefficient (Wildman–Crippen LogP) is 4.72. The summed E-state index contributed by atoms with van der Waals surface area (Å²) in [7, 11) is 0. The Morgan fingerprint density at radius 2 is 1.07 bits per heavy atom. The molecule has 0 heterocycles. The van der Waals surface area contributed by atoms with E-state index in [0.29, 0.717) is 37.2 Å². The molecule has 0 fully saturated rings. The zero-order valence-corrected chi connectivity index (χ0v) is 18.9. The lowest BCUT2D eigenvalue weighted by atomic mass is 10.0. The maximum atomic E-state index is 12.2. The van der Waals surface area contributed by atoms with Gasteiger partial charge in [0.05, 0.1) is 0 Å². The summed E-state index contributed by atoms with van der Waals surface area (Å²) in [5.74, 6) is 0.150. The molecule has 1 rings (SSSR count). The van der Waals surface area contributed by atoms with Gasteiger partial charge in [0.25, 0.3) is 11.8 Å². The molecule has 0 unspecified atom stereocenters. The van der Waals surface area contributed by atoms with Crippen LogP contribution in [0.5, 0.6) is 11.5 Å². The number of rotatable bonds is 10. The number of carbonyl (C=O) groups is 2. The van der Waals surface area contributed by atoms with Crippen LogP contribution in [-0.2, 0) is 9.59 Å². The van der Waals surface area contributed by atoms with Gasteiger partial charge in [0.15, 0.2) is 11.5 Å². The van der Waals surface area contributed by atoms with E-state index in [-0.39, 0.29) is 11.8 Å². The van der Waals surface area contributed by atoms with Crippen molar-refractivity contribution < 1.29 is 19.3 Å². The molecular weight excluding hydrogens is 403 g/mol. The minimum Gasteiger partial charge on any atom is -0.379 e. The van der Waals surface area contributed by atoms with Crippen LogP contribution >= 0.6 is 23.2 Å². The maximum Gasteiger partial charge on any atom is 0.273 e. The van der Waals surface area contributed by atoms with Crippen LogP contribution in [0.2, 0.25) is 0 Å². The van der Waals surface area contributed by atoms with E-state index in [1.165, 1.54) is 0 Å². The lowest BCUT2D eigenvalue weighted by molar-refractivity contribution is -0.131. The van der Waals surface area contributed by atoms with Gasteiger partial charge in [0, 0.05) is 11.1 Å². The predicted molar refractivity (Wildman–Crippen MR) is 112 cm³/mol. The van der Waals surface area contributed by atoms with Gasteiger partial charge in [-0.3, -0.25) is 9.59 Å². The summed E-state index contributed by atoms with van der Waals surface area (Å²) >= 11 is 12.6. The Bertz CT molecular complexity index is 643.